The van der Waals surface area contributed by atoms with E-state index in [0.29, 0.717) is 11.6 Å². The molecule has 7 nitrogen and oxygen atoms in total. The van der Waals surface area contributed by atoms with Crippen LogP contribution in [0.2, 0.25) is 0 Å². The van der Waals surface area contributed by atoms with Crippen LogP contribution in [0, 0.1) is 0 Å². The van der Waals surface area contributed by atoms with Gasteiger partial charge >= 0.3 is 0 Å². The summed E-state index contributed by atoms with van der Waals surface area (Å²) in [4.78, 5) is 23.0. The summed E-state index contributed by atoms with van der Waals surface area (Å²) in [5, 5.41) is 4.31. The Morgan fingerprint density at radius 1 is 0.339 bits per heavy atom. The minimum Gasteiger partial charge on any atom is -0.455 e. The van der Waals surface area contributed by atoms with Gasteiger partial charge in [0.05, 0.1) is 11.4 Å². The fraction of sp³-hybridized carbons (Fsp3) is 0. The highest BCUT2D eigenvalue weighted by atomic mass is 16.3. The van der Waals surface area contributed by atoms with E-state index in [2.05, 4.69) is 99.9 Å². The van der Waals surface area contributed by atoms with Crippen molar-refractivity contribution in [1.29, 1.82) is 0 Å². The monoisotopic (exact) mass is 719 g/mol. The summed E-state index contributed by atoms with van der Waals surface area (Å²) in [6.45, 7) is 0. The predicted molar refractivity (Wildman–Crippen MR) is 223 cm³/mol. The maximum atomic E-state index is 6.58. The molecule has 4 heterocycles. The van der Waals surface area contributed by atoms with Crippen molar-refractivity contribution in [3.63, 3.8) is 0 Å². The molecule has 0 aliphatic heterocycles. The van der Waals surface area contributed by atoms with Crippen molar-refractivity contribution in [2.75, 3.05) is 0 Å². The van der Waals surface area contributed by atoms with E-state index in [0.717, 1.165) is 99.8 Å². The third-order valence-electron chi connectivity index (χ3n) is 10.3. The molecule has 0 saturated carbocycles. The van der Waals surface area contributed by atoms with Gasteiger partial charge < -0.3 is 8.83 Å². The molecule has 4 aromatic heterocycles. The molecule has 0 spiro atoms. The maximum Gasteiger partial charge on any atom is 0.162 e. The molecule has 0 N–H and O–H groups in total. The first-order valence-corrected chi connectivity index (χ1v) is 18.4. The van der Waals surface area contributed by atoms with Crippen LogP contribution in [0.1, 0.15) is 0 Å². The lowest BCUT2D eigenvalue weighted by atomic mass is 9.93. The van der Waals surface area contributed by atoms with Gasteiger partial charge in [-0.05, 0) is 47.5 Å². The second kappa shape index (κ2) is 13.0. The van der Waals surface area contributed by atoms with Crippen molar-refractivity contribution in [3.8, 4) is 67.5 Å². The summed E-state index contributed by atoms with van der Waals surface area (Å²) in [7, 11) is 0. The Kier molecular flexibility index (Phi) is 7.35. The molecule has 7 aromatic carbocycles. The first kappa shape index (κ1) is 31.7. The average molecular weight is 720 g/mol. The Balaban J connectivity index is 1.15. The van der Waals surface area contributed by atoms with Crippen molar-refractivity contribution in [3.05, 3.63) is 176 Å². The molecule has 0 aliphatic rings. The number of hydrogen-bond donors (Lipinski definition) is 0. The molecular weight excluding hydrogens is 691 g/mol. The minimum absolute atomic E-state index is 0.606. The minimum atomic E-state index is 0.606. The number of fused-ring (bicyclic) bond motifs is 6. The molecule has 0 radical (unpaired) electrons. The van der Waals surface area contributed by atoms with Gasteiger partial charge in [-0.3, -0.25) is 0 Å². The van der Waals surface area contributed by atoms with E-state index in [1.807, 2.05) is 78.9 Å². The molecule has 11 rings (SSSR count). The largest absolute Gasteiger partial charge is 0.455 e. The zero-order valence-corrected chi connectivity index (χ0v) is 29.8. The highest BCUT2D eigenvalue weighted by Gasteiger charge is 2.19. The van der Waals surface area contributed by atoms with Gasteiger partial charge in [-0.1, -0.05) is 127 Å². The summed E-state index contributed by atoms with van der Waals surface area (Å²) < 4.78 is 13.2. The van der Waals surface area contributed by atoms with Crippen molar-refractivity contribution in [1.82, 2.24) is 24.9 Å². The molecule has 0 saturated heterocycles. The number of nitrogens with zero attached hydrogens (tertiary/aromatic N) is 5. The maximum absolute atomic E-state index is 6.58. The lowest BCUT2D eigenvalue weighted by Crippen LogP contribution is -1.97. The van der Waals surface area contributed by atoms with E-state index in [9.17, 15) is 0 Å². The lowest BCUT2D eigenvalue weighted by molar-refractivity contribution is 0.670. The summed E-state index contributed by atoms with van der Waals surface area (Å²) in [5.41, 5.74) is 12.6. The fourth-order valence-corrected chi connectivity index (χ4v) is 7.67. The fourth-order valence-electron chi connectivity index (χ4n) is 7.67. The van der Waals surface area contributed by atoms with E-state index < -0.39 is 0 Å². The lowest BCUT2D eigenvalue weighted by Gasteiger charge is -2.14. The van der Waals surface area contributed by atoms with Crippen molar-refractivity contribution in [2.45, 2.75) is 0 Å². The van der Waals surface area contributed by atoms with E-state index >= 15 is 0 Å². The Labute approximate surface area is 320 Å². The zero-order chi connectivity index (χ0) is 37.0. The van der Waals surface area contributed by atoms with E-state index in [4.69, 9.17) is 18.8 Å². The molecule has 56 heavy (non-hydrogen) atoms. The average Bonchev–Trinajstić information content (AvgIpc) is 3.86. The van der Waals surface area contributed by atoms with Crippen LogP contribution in [0.15, 0.2) is 185 Å². The summed E-state index contributed by atoms with van der Waals surface area (Å²) in [5.74, 6) is 1.21. The second-order valence-electron chi connectivity index (χ2n) is 13.7. The molecule has 0 unspecified atom stereocenters. The first-order valence-electron chi connectivity index (χ1n) is 18.4. The highest BCUT2D eigenvalue weighted by Crippen LogP contribution is 2.42. The number of hydrogen-bond acceptors (Lipinski definition) is 7. The van der Waals surface area contributed by atoms with Crippen LogP contribution < -0.4 is 0 Å². The molecule has 7 heteroatoms. The summed E-state index contributed by atoms with van der Waals surface area (Å²) >= 11 is 0. The second-order valence-corrected chi connectivity index (χ2v) is 13.7. The molecule has 0 fully saturated rings. The first-order chi connectivity index (χ1) is 27.7. The Morgan fingerprint density at radius 3 is 1.41 bits per heavy atom. The van der Waals surface area contributed by atoms with Gasteiger partial charge in [0.25, 0.3) is 0 Å². The Bertz CT molecular complexity index is 3110. The highest BCUT2D eigenvalue weighted by molar-refractivity contribution is 6.11. The topological polar surface area (TPSA) is 90.7 Å². The van der Waals surface area contributed by atoms with Crippen LogP contribution in [0.5, 0.6) is 0 Å². The summed E-state index contributed by atoms with van der Waals surface area (Å²) in [6, 6.07) is 56.0. The SMILES string of the molecule is c1ccc(-c2cc(-c3cc(-c4cccc5c4oc4ccccc45)cc(-c4cccc5c4oc4ccccc45)c3)nc(-c3ccc(-c4ncncn4)cc3)n2)cc1. The zero-order valence-electron chi connectivity index (χ0n) is 29.8. The Morgan fingerprint density at radius 2 is 0.821 bits per heavy atom. The molecule has 0 bridgehead atoms. The third-order valence-corrected chi connectivity index (χ3v) is 10.3. The van der Waals surface area contributed by atoms with Crippen LogP contribution >= 0.6 is 0 Å². The number of rotatable bonds is 6. The normalized spacial score (nSPS) is 11.6. The van der Waals surface area contributed by atoms with Crippen LogP contribution in [0.25, 0.3) is 111 Å². The van der Waals surface area contributed by atoms with E-state index in [-0.39, 0.29) is 0 Å². The third kappa shape index (κ3) is 5.41. The molecular formula is C49H29N5O2. The summed E-state index contributed by atoms with van der Waals surface area (Å²) in [6.07, 6.45) is 3.00. The van der Waals surface area contributed by atoms with Gasteiger partial charge in [0, 0.05) is 54.9 Å². The number of aromatic nitrogens is 5. The van der Waals surface area contributed by atoms with E-state index in [1.165, 1.54) is 12.7 Å². The molecule has 11 aromatic rings. The molecule has 0 amide bonds. The number of para-hydroxylation sites is 4. The quantitative estimate of drug-likeness (QED) is 0.169. The van der Waals surface area contributed by atoms with E-state index in [1.54, 1.807) is 0 Å². The molecule has 0 aliphatic carbocycles. The van der Waals surface area contributed by atoms with Gasteiger partial charge in [-0.25, -0.2) is 24.9 Å². The van der Waals surface area contributed by atoms with Gasteiger partial charge in [0.2, 0.25) is 0 Å². The standard InChI is InChI=1S/C49H29N5O2/c1-2-10-30(11-3-1)42-27-43(54-49(53-42)32-22-20-31(21-23-32)48-51-28-50-29-52-48)35-25-33(36-14-8-16-40-38-12-4-6-18-44(38)55-46(36)40)24-34(26-35)37-15-9-17-41-39-13-5-7-19-45(39)56-47(37)41/h1-29H. The van der Waals surface area contributed by atoms with Gasteiger partial charge in [-0.15, -0.1) is 0 Å². The van der Waals surface area contributed by atoms with Gasteiger partial charge in [-0.2, -0.15) is 0 Å². The smallest absolute Gasteiger partial charge is 0.162 e. The van der Waals surface area contributed by atoms with Crippen LogP contribution in [0.3, 0.4) is 0 Å². The van der Waals surface area contributed by atoms with Crippen LogP contribution in [-0.2, 0) is 0 Å². The van der Waals surface area contributed by atoms with Crippen LogP contribution in [0.4, 0.5) is 0 Å². The van der Waals surface area contributed by atoms with Crippen molar-refractivity contribution in [2.24, 2.45) is 0 Å². The van der Waals surface area contributed by atoms with Crippen LogP contribution in [-0.4, -0.2) is 24.9 Å². The Hall–Kier alpha value is -7.77. The predicted octanol–water partition coefficient (Wildman–Crippen LogP) is 12.5. The molecule has 262 valence electrons. The van der Waals surface area contributed by atoms with Gasteiger partial charge in [0.15, 0.2) is 11.6 Å². The van der Waals surface area contributed by atoms with Gasteiger partial charge in [0.1, 0.15) is 35.0 Å². The number of benzene rings is 7. The molecule has 0 atom stereocenters. The van der Waals surface area contributed by atoms with Crippen molar-refractivity contribution >= 4 is 43.9 Å². The number of furan rings is 2. The van der Waals surface area contributed by atoms with Crippen molar-refractivity contribution < 1.29 is 8.83 Å².